The number of rotatable bonds is 5. The van der Waals surface area contributed by atoms with E-state index in [1.165, 1.54) is 5.56 Å². The highest BCUT2D eigenvalue weighted by Crippen LogP contribution is 2.26. The molecule has 2 aromatic rings. The molecule has 0 amide bonds. The minimum Gasteiger partial charge on any atom is -0.338 e. The molecule has 0 aliphatic rings. The number of aryl methyl sites for hydroxylation is 2. The van der Waals surface area contributed by atoms with Crippen molar-refractivity contribution in [1.82, 2.24) is 14.9 Å². The average Bonchev–Trinajstić information content (AvgIpc) is 2.80. The molecule has 0 saturated carbocycles. The van der Waals surface area contributed by atoms with Crippen LogP contribution in [0.2, 0.25) is 5.02 Å². The molecule has 0 bridgehead atoms. The lowest BCUT2D eigenvalue weighted by Crippen LogP contribution is -2.19. The lowest BCUT2D eigenvalue weighted by molar-refractivity contribution is 0.534. The van der Waals surface area contributed by atoms with Crippen molar-refractivity contribution >= 4 is 11.6 Å². The molecule has 4 heteroatoms. The van der Waals surface area contributed by atoms with Crippen LogP contribution < -0.4 is 5.32 Å². The fourth-order valence-electron chi connectivity index (χ4n) is 2.37. The van der Waals surface area contributed by atoms with E-state index in [9.17, 15) is 0 Å². The summed E-state index contributed by atoms with van der Waals surface area (Å²) < 4.78 is 2.07. The highest BCUT2D eigenvalue weighted by molar-refractivity contribution is 6.31. The smallest absolute Gasteiger partial charge is 0.108 e. The summed E-state index contributed by atoms with van der Waals surface area (Å²) in [4.78, 5) is 4.36. The third kappa shape index (κ3) is 3.17. The van der Waals surface area contributed by atoms with E-state index in [1.807, 2.05) is 38.6 Å². The first kappa shape index (κ1) is 14.1. The summed E-state index contributed by atoms with van der Waals surface area (Å²) in [7, 11) is 4.02. The molecule has 1 atom stereocenters. The zero-order chi connectivity index (χ0) is 13.8. The van der Waals surface area contributed by atoms with Crippen molar-refractivity contribution in [3.8, 4) is 0 Å². The highest BCUT2D eigenvalue weighted by atomic mass is 35.5. The molecular formula is C15H20ClN3. The van der Waals surface area contributed by atoms with Gasteiger partial charge in [-0.25, -0.2) is 4.98 Å². The number of imidazole rings is 1. The summed E-state index contributed by atoms with van der Waals surface area (Å²) in [5, 5.41) is 4.20. The van der Waals surface area contributed by atoms with Gasteiger partial charge in [-0.15, -0.1) is 0 Å². The zero-order valence-electron chi connectivity index (χ0n) is 11.7. The number of hydrogen-bond donors (Lipinski definition) is 1. The van der Waals surface area contributed by atoms with Gasteiger partial charge in [-0.3, -0.25) is 0 Å². The van der Waals surface area contributed by atoms with E-state index in [1.54, 1.807) is 0 Å². The Morgan fingerprint density at radius 1 is 1.42 bits per heavy atom. The second-order valence-corrected chi connectivity index (χ2v) is 5.20. The molecule has 0 spiro atoms. The van der Waals surface area contributed by atoms with Gasteiger partial charge in [0.25, 0.3) is 0 Å². The Hall–Kier alpha value is -1.32. The lowest BCUT2D eigenvalue weighted by atomic mass is 9.97. The van der Waals surface area contributed by atoms with Gasteiger partial charge in [-0.2, -0.15) is 0 Å². The van der Waals surface area contributed by atoms with Crippen LogP contribution in [-0.2, 0) is 13.5 Å². The van der Waals surface area contributed by atoms with Crippen molar-refractivity contribution in [2.75, 3.05) is 7.05 Å². The SMILES string of the molecule is CNC(CCc1nccn1C)c1cccc(Cl)c1C. The lowest BCUT2D eigenvalue weighted by Gasteiger charge is -2.19. The van der Waals surface area contributed by atoms with Gasteiger partial charge in [-0.1, -0.05) is 23.7 Å². The van der Waals surface area contributed by atoms with Crippen LogP contribution in [0.4, 0.5) is 0 Å². The molecular weight excluding hydrogens is 258 g/mol. The van der Waals surface area contributed by atoms with Crippen molar-refractivity contribution in [2.45, 2.75) is 25.8 Å². The largest absolute Gasteiger partial charge is 0.338 e. The molecule has 102 valence electrons. The van der Waals surface area contributed by atoms with Gasteiger partial charge in [0.1, 0.15) is 5.82 Å². The fraction of sp³-hybridized carbons (Fsp3) is 0.400. The molecule has 0 saturated heterocycles. The standard InChI is InChI=1S/C15H20ClN3/c1-11-12(5-4-6-13(11)16)14(17-2)7-8-15-18-9-10-19(15)3/h4-6,9-10,14,17H,7-8H2,1-3H3. The van der Waals surface area contributed by atoms with Crippen LogP contribution in [0, 0.1) is 6.92 Å². The van der Waals surface area contributed by atoms with E-state index in [2.05, 4.69) is 27.9 Å². The summed E-state index contributed by atoms with van der Waals surface area (Å²) in [6, 6.07) is 6.39. The Kier molecular flexibility index (Phi) is 4.61. The second kappa shape index (κ2) is 6.22. The number of aromatic nitrogens is 2. The Balaban J connectivity index is 2.12. The minimum atomic E-state index is 0.301. The normalized spacial score (nSPS) is 12.6. The van der Waals surface area contributed by atoms with Crippen LogP contribution in [-0.4, -0.2) is 16.6 Å². The average molecular weight is 278 g/mol. The van der Waals surface area contributed by atoms with E-state index in [-0.39, 0.29) is 0 Å². The predicted octanol–water partition coefficient (Wildman–Crippen LogP) is 3.28. The fourth-order valence-corrected chi connectivity index (χ4v) is 2.55. The third-order valence-electron chi connectivity index (χ3n) is 3.61. The van der Waals surface area contributed by atoms with Crippen LogP contribution in [0.3, 0.4) is 0 Å². The first-order chi connectivity index (χ1) is 9.13. The van der Waals surface area contributed by atoms with Crippen molar-refractivity contribution < 1.29 is 0 Å². The Bertz CT molecular complexity index is 548. The topological polar surface area (TPSA) is 29.9 Å². The molecule has 0 fully saturated rings. The van der Waals surface area contributed by atoms with Crippen LogP contribution >= 0.6 is 11.6 Å². The summed E-state index contributed by atoms with van der Waals surface area (Å²) in [6.45, 7) is 2.07. The monoisotopic (exact) mass is 277 g/mol. The van der Waals surface area contributed by atoms with Crippen molar-refractivity contribution in [1.29, 1.82) is 0 Å². The Labute approximate surface area is 119 Å². The van der Waals surface area contributed by atoms with Crippen LogP contribution in [0.5, 0.6) is 0 Å². The molecule has 1 aromatic heterocycles. The molecule has 3 nitrogen and oxygen atoms in total. The van der Waals surface area contributed by atoms with Crippen LogP contribution in [0.25, 0.3) is 0 Å². The van der Waals surface area contributed by atoms with Crippen molar-refractivity contribution in [3.63, 3.8) is 0 Å². The predicted molar refractivity (Wildman–Crippen MR) is 79.5 cm³/mol. The van der Waals surface area contributed by atoms with Gasteiger partial charge >= 0.3 is 0 Å². The van der Waals surface area contributed by atoms with Gasteiger partial charge in [0.05, 0.1) is 0 Å². The molecule has 1 N–H and O–H groups in total. The maximum Gasteiger partial charge on any atom is 0.108 e. The van der Waals surface area contributed by atoms with Crippen molar-refractivity contribution in [3.05, 3.63) is 52.6 Å². The van der Waals surface area contributed by atoms with Gasteiger partial charge in [0.2, 0.25) is 0 Å². The maximum atomic E-state index is 6.20. The van der Waals surface area contributed by atoms with Crippen LogP contribution in [0.15, 0.2) is 30.6 Å². The minimum absolute atomic E-state index is 0.301. The van der Waals surface area contributed by atoms with Crippen LogP contribution in [0.1, 0.15) is 29.4 Å². The first-order valence-corrected chi connectivity index (χ1v) is 6.89. The van der Waals surface area contributed by atoms with E-state index in [0.29, 0.717) is 6.04 Å². The summed E-state index contributed by atoms with van der Waals surface area (Å²) >= 11 is 6.20. The quantitative estimate of drug-likeness (QED) is 0.909. The number of benzene rings is 1. The molecule has 1 aromatic carbocycles. The highest BCUT2D eigenvalue weighted by Gasteiger charge is 2.14. The van der Waals surface area contributed by atoms with E-state index in [4.69, 9.17) is 11.6 Å². The molecule has 0 aliphatic carbocycles. The van der Waals surface area contributed by atoms with Gasteiger partial charge in [0, 0.05) is 36.9 Å². The molecule has 2 rings (SSSR count). The molecule has 0 radical (unpaired) electrons. The Morgan fingerprint density at radius 3 is 2.84 bits per heavy atom. The Morgan fingerprint density at radius 2 is 2.21 bits per heavy atom. The van der Waals surface area contributed by atoms with Gasteiger partial charge in [0.15, 0.2) is 0 Å². The van der Waals surface area contributed by atoms with E-state index < -0.39 is 0 Å². The third-order valence-corrected chi connectivity index (χ3v) is 4.02. The number of nitrogens with one attached hydrogen (secondary N) is 1. The summed E-state index contributed by atoms with van der Waals surface area (Å²) in [6.07, 6.45) is 5.77. The van der Waals surface area contributed by atoms with Gasteiger partial charge in [-0.05, 0) is 37.6 Å². The first-order valence-electron chi connectivity index (χ1n) is 6.52. The van der Waals surface area contributed by atoms with E-state index >= 15 is 0 Å². The second-order valence-electron chi connectivity index (χ2n) is 4.79. The summed E-state index contributed by atoms with van der Waals surface area (Å²) in [5.74, 6) is 1.11. The van der Waals surface area contributed by atoms with Gasteiger partial charge < -0.3 is 9.88 Å². The summed E-state index contributed by atoms with van der Waals surface area (Å²) in [5.41, 5.74) is 2.42. The molecule has 1 heterocycles. The molecule has 19 heavy (non-hydrogen) atoms. The maximum absolute atomic E-state index is 6.20. The molecule has 0 aliphatic heterocycles. The number of nitrogens with zero attached hydrogens (tertiary/aromatic N) is 2. The zero-order valence-corrected chi connectivity index (χ0v) is 12.4. The molecule has 1 unspecified atom stereocenters. The number of hydrogen-bond acceptors (Lipinski definition) is 2. The number of halogens is 1. The van der Waals surface area contributed by atoms with Crippen molar-refractivity contribution in [2.24, 2.45) is 7.05 Å². The van der Waals surface area contributed by atoms with E-state index in [0.717, 1.165) is 29.3 Å².